The summed E-state index contributed by atoms with van der Waals surface area (Å²) < 4.78 is 13.9. The number of benzene rings is 1. The van der Waals surface area contributed by atoms with Gasteiger partial charge in [-0.15, -0.1) is 0 Å². The molecule has 0 amide bonds. The third-order valence-electron chi connectivity index (χ3n) is 4.64. The van der Waals surface area contributed by atoms with Gasteiger partial charge in [0, 0.05) is 24.4 Å². The Hall–Kier alpha value is -2.27. The van der Waals surface area contributed by atoms with Crippen molar-refractivity contribution >= 4 is 22.2 Å². The summed E-state index contributed by atoms with van der Waals surface area (Å²) in [6.07, 6.45) is 6.27. The van der Waals surface area contributed by atoms with E-state index in [4.69, 9.17) is 4.98 Å². The average molecular weight is 384 g/mol. The van der Waals surface area contributed by atoms with Crippen LogP contribution >= 0.6 is 11.3 Å². The van der Waals surface area contributed by atoms with Gasteiger partial charge in [-0.25, -0.2) is 9.37 Å². The molecule has 0 unspecified atom stereocenters. The van der Waals surface area contributed by atoms with Gasteiger partial charge in [-0.05, 0) is 50.8 Å². The largest absolute Gasteiger partial charge is 0.348 e. The summed E-state index contributed by atoms with van der Waals surface area (Å²) in [6, 6.07) is 6.62. The number of thiazole rings is 1. The van der Waals surface area contributed by atoms with Crippen LogP contribution in [0.1, 0.15) is 38.5 Å². The van der Waals surface area contributed by atoms with E-state index >= 15 is 0 Å². The van der Waals surface area contributed by atoms with Gasteiger partial charge in [-0.3, -0.25) is 4.99 Å². The summed E-state index contributed by atoms with van der Waals surface area (Å²) in [6.45, 7) is 12.1. The van der Waals surface area contributed by atoms with Crippen molar-refractivity contribution in [3.63, 3.8) is 0 Å². The number of rotatable bonds is 5. The topological polar surface area (TPSA) is 28.5 Å². The second kappa shape index (κ2) is 8.61. The first-order valence-electron chi connectivity index (χ1n) is 9.37. The SMILES string of the molecule is C=C(C)N=C(/C=C\C)c1sc(N2CCC(C)CC2)nc1-c1cccc(F)c1. The number of aliphatic imine (C=N–C) groups is 1. The van der Waals surface area contributed by atoms with E-state index < -0.39 is 0 Å². The van der Waals surface area contributed by atoms with Crippen LogP contribution in [0.3, 0.4) is 0 Å². The third kappa shape index (κ3) is 4.72. The Morgan fingerprint density at radius 2 is 2.11 bits per heavy atom. The number of hydrogen-bond acceptors (Lipinski definition) is 4. The normalized spacial score (nSPS) is 16.3. The van der Waals surface area contributed by atoms with Crippen LogP contribution < -0.4 is 4.90 Å². The summed E-state index contributed by atoms with van der Waals surface area (Å²) in [7, 11) is 0. The highest BCUT2D eigenvalue weighted by Crippen LogP contribution is 2.36. The van der Waals surface area contributed by atoms with Crippen molar-refractivity contribution in [1.29, 1.82) is 0 Å². The highest BCUT2D eigenvalue weighted by molar-refractivity contribution is 7.18. The predicted molar refractivity (Wildman–Crippen MR) is 114 cm³/mol. The van der Waals surface area contributed by atoms with E-state index in [-0.39, 0.29) is 5.82 Å². The van der Waals surface area contributed by atoms with Gasteiger partial charge in [0.05, 0.1) is 16.3 Å². The van der Waals surface area contributed by atoms with Crippen molar-refractivity contribution in [1.82, 2.24) is 4.98 Å². The summed E-state index contributed by atoms with van der Waals surface area (Å²) in [4.78, 5) is 12.8. The van der Waals surface area contributed by atoms with Crippen LogP contribution in [0, 0.1) is 11.7 Å². The van der Waals surface area contributed by atoms with Crippen LogP contribution in [-0.4, -0.2) is 23.8 Å². The van der Waals surface area contributed by atoms with Crippen molar-refractivity contribution in [2.24, 2.45) is 10.9 Å². The molecular formula is C22H26FN3S. The highest BCUT2D eigenvalue weighted by atomic mass is 32.1. The highest BCUT2D eigenvalue weighted by Gasteiger charge is 2.23. The monoisotopic (exact) mass is 383 g/mol. The lowest BCUT2D eigenvalue weighted by Crippen LogP contribution is -2.32. The Bertz CT molecular complexity index is 873. The van der Waals surface area contributed by atoms with E-state index in [1.165, 1.54) is 25.0 Å². The van der Waals surface area contributed by atoms with Crippen molar-refractivity contribution in [3.8, 4) is 11.3 Å². The van der Waals surface area contributed by atoms with Gasteiger partial charge >= 0.3 is 0 Å². The molecule has 3 nitrogen and oxygen atoms in total. The Balaban J connectivity index is 2.10. The Kier molecular flexibility index (Phi) is 6.22. The van der Waals surface area contributed by atoms with Crippen LogP contribution in [0.5, 0.6) is 0 Å². The molecule has 3 rings (SSSR count). The predicted octanol–water partition coefficient (Wildman–Crippen LogP) is 6.08. The first-order chi connectivity index (χ1) is 13.0. The molecule has 1 aromatic carbocycles. The molecule has 1 aliphatic rings. The van der Waals surface area contributed by atoms with Crippen LogP contribution in [-0.2, 0) is 0 Å². The summed E-state index contributed by atoms with van der Waals surface area (Å²) >= 11 is 1.63. The first-order valence-corrected chi connectivity index (χ1v) is 10.2. The lowest BCUT2D eigenvalue weighted by molar-refractivity contribution is 0.438. The summed E-state index contributed by atoms with van der Waals surface area (Å²) in [5.41, 5.74) is 3.11. The number of aromatic nitrogens is 1. The zero-order valence-electron chi connectivity index (χ0n) is 16.2. The molecule has 0 aliphatic carbocycles. The molecule has 1 aromatic heterocycles. The molecule has 2 aromatic rings. The van der Waals surface area contributed by atoms with Gasteiger partial charge < -0.3 is 4.90 Å². The Labute approximate surface area is 165 Å². The fourth-order valence-corrected chi connectivity index (χ4v) is 4.29. The van der Waals surface area contributed by atoms with E-state index in [2.05, 4.69) is 23.4 Å². The van der Waals surface area contributed by atoms with Gasteiger partial charge in [0.25, 0.3) is 0 Å². The maximum absolute atomic E-state index is 13.9. The molecule has 142 valence electrons. The molecule has 1 saturated heterocycles. The van der Waals surface area contributed by atoms with Gasteiger partial charge in [0.2, 0.25) is 0 Å². The quantitative estimate of drug-likeness (QED) is 0.585. The molecule has 0 saturated carbocycles. The van der Waals surface area contributed by atoms with Crippen molar-refractivity contribution in [3.05, 3.63) is 59.4 Å². The van der Waals surface area contributed by atoms with E-state index in [9.17, 15) is 4.39 Å². The first kappa shape index (κ1) is 19.5. The van der Waals surface area contributed by atoms with E-state index in [0.717, 1.165) is 51.7 Å². The van der Waals surface area contributed by atoms with Crippen molar-refractivity contribution in [2.75, 3.05) is 18.0 Å². The number of allylic oxidation sites excluding steroid dienone is 3. The fraction of sp³-hybridized carbons (Fsp3) is 0.364. The van der Waals surface area contributed by atoms with Gasteiger partial charge in [-0.1, -0.05) is 43.0 Å². The number of nitrogens with zero attached hydrogens (tertiary/aromatic N) is 3. The van der Waals surface area contributed by atoms with Gasteiger partial charge in [0.1, 0.15) is 5.82 Å². The van der Waals surface area contributed by atoms with Crippen LogP contribution in [0.2, 0.25) is 0 Å². The molecule has 0 radical (unpaired) electrons. The number of piperidine rings is 1. The smallest absolute Gasteiger partial charge is 0.186 e. The minimum absolute atomic E-state index is 0.260. The van der Waals surface area contributed by atoms with E-state index in [1.54, 1.807) is 17.4 Å². The molecule has 1 fully saturated rings. The minimum Gasteiger partial charge on any atom is -0.348 e. The van der Waals surface area contributed by atoms with E-state index in [0.29, 0.717) is 0 Å². The van der Waals surface area contributed by atoms with Gasteiger partial charge in [-0.2, -0.15) is 0 Å². The zero-order chi connectivity index (χ0) is 19.4. The lowest BCUT2D eigenvalue weighted by Gasteiger charge is -2.29. The zero-order valence-corrected chi connectivity index (χ0v) is 17.0. The second-order valence-electron chi connectivity index (χ2n) is 7.09. The molecule has 5 heteroatoms. The number of anilines is 1. The summed E-state index contributed by atoms with van der Waals surface area (Å²) in [5.74, 6) is 0.496. The van der Waals surface area contributed by atoms with Gasteiger partial charge in [0.15, 0.2) is 5.13 Å². The lowest BCUT2D eigenvalue weighted by atomic mass is 10.00. The third-order valence-corrected chi connectivity index (χ3v) is 5.78. The maximum Gasteiger partial charge on any atom is 0.186 e. The molecular weight excluding hydrogens is 357 g/mol. The standard InChI is InChI=1S/C22H26FN3S/c1-5-7-19(24-15(2)3)21-20(17-8-6-9-18(23)14-17)25-22(27-21)26-12-10-16(4)11-13-26/h5-9,14,16H,2,10-13H2,1,3-4H3/b7-5-,24-19?. The number of halogens is 1. The van der Waals surface area contributed by atoms with Crippen LogP contribution in [0.15, 0.2) is 53.7 Å². The van der Waals surface area contributed by atoms with Crippen molar-refractivity contribution < 1.29 is 4.39 Å². The Morgan fingerprint density at radius 1 is 1.37 bits per heavy atom. The second-order valence-corrected chi connectivity index (χ2v) is 8.06. The molecule has 1 aliphatic heterocycles. The fourth-order valence-electron chi connectivity index (χ4n) is 3.18. The molecule has 0 bridgehead atoms. The van der Waals surface area contributed by atoms with Crippen molar-refractivity contribution in [2.45, 2.75) is 33.6 Å². The average Bonchev–Trinajstić information content (AvgIpc) is 3.07. The minimum atomic E-state index is -0.260. The van der Waals surface area contributed by atoms with E-state index in [1.807, 2.05) is 32.1 Å². The van der Waals surface area contributed by atoms with Crippen LogP contribution in [0.4, 0.5) is 9.52 Å². The number of hydrogen-bond donors (Lipinski definition) is 0. The summed E-state index contributed by atoms with van der Waals surface area (Å²) in [5, 5.41) is 0.982. The molecule has 0 N–H and O–H groups in total. The van der Waals surface area contributed by atoms with Crippen LogP contribution in [0.25, 0.3) is 11.3 Å². The molecule has 27 heavy (non-hydrogen) atoms. The molecule has 2 heterocycles. The molecule has 0 spiro atoms. The maximum atomic E-state index is 13.9. The molecule has 0 atom stereocenters. The Morgan fingerprint density at radius 3 is 2.74 bits per heavy atom.